The van der Waals surface area contributed by atoms with Crippen LogP contribution in [0.25, 0.3) is 10.8 Å². The summed E-state index contributed by atoms with van der Waals surface area (Å²) in [5.41, 5.74) is 1.91. The first kappa shape index (κ1) is 32.3. The van der Waals surface area contributed by atoms with E-state index in [4.69, 9.17) is 10.6 Å². The molecular formula is C31H34FN5O6S. The van der Waals surface area contributed by atoms with E-state index in [0.717, 1.165) is 10.6 Å². The fourth-order valence-electron chi connectivity index (χ4n) is 4.67. The van der Waals surface area contributed by atoms with Gasteiger partial charge in [-0.15, -0.1) is 0 Å². The van der Waals surface area contributed by atoms with Crippen LogP contribution in [0.5, 0.6) is 0 Å². The Morgan fingerprint density at radius 2 is 1.82 bits per heavy atom. The molecular weight excluding hydrogens is 589 g/mol. The van der Waals surface area contributed by atoms with E-state index in [-0.39, 0.29) is 22.6 Å². The summed E-state index contributed by atoms with van der Waals surface area (Å²) in [6.07, 6.45) is 2.51. The van der Waals surface area contributed by atoms with Crippen LogP contribution in [0.3, 0.4) is 0 Å². The molecule has 0 aliphatic rings. The number of hydrogen-bond donors (Lipinski definition) is 4. The number of nitrogens with zero attached hydrogens (tertiary/aromatic N) is 2. The Hall–Kier alpha value is -4.59. The molecule has 5 N–H and O–H groups in total. The number of anilines is 2. The van der Waals surface area contributed by atoms with Crippen molar-refractivity contribution >= 4 is 44.0 Å². The number of ether oxygens (including phenoxy) is 1. The zero-order chi connectivity index (χ0) is 32.0. The van der Waals surface area contributed by atoms with Gasteiger partial charge in [-0.25, -0.2) is 28.2 Å². The topological polar surface area (TPSA) is 164 Å². The molecule has 1 heterocycles. The zero-order valence-corrected chi connectivity index (χ0v) is 25.3. The number of carboxylic acid groups (broad SMARTS) is 1. The van der Waals surface area contributed by atoms with Crippen molar-refractivity contribution in [2.45, 2.75) is 43.0 Å². The van der Waals surface area contributed by atoms with Crippen molar-refractivity contribution in [3.63, 3.8) is 0 Å². The Balaban J connectivity index is 1.38. The van der Waals surface area contributed by atoms with Crippen molar-refractivity contribution in [1.82, 2.24) is 10.3 Å². The lowest BCUT2D eigenvalue weighted by Crippen LogP contribution is -2.40. The van der Waals surface area contributed by atoms with E-state index in [9.17, 15) is 23.1 Å². The molecule has 0 aliphatic carbocycles. The van der Waals surface area contributed by atoms with E-state index in [2.05, 4.69) is 15.6 Å². The van der Waals surface area contributed by atoms with Crippen molar-refractivity contribution in [2.24, 2.45) is 5.84 Å². The highest BCUT2D eigenvalue weighted by atomic mass is 32.2. The number of fused-ring (bicyclic) bond motifs is 1. The van der Waals surface area contributed by atoms with Crippen LogP contribution >= 0.6 is 0 Å². The van der Waals surface area contributed by atoms with Crippen molar-refractivity contribution in [2.75, 3.05) is 24.0 Å². The van der Waals surface area contributed by atoms with Gasteiger partial charge in [0.05, 0.1) is 22.4 Å². The number of rotatable bonds is 12. The highest BCUT2D eigenvalue weighted by Gasteiger charge is 2.28. The number of aliphatic carboxylic acids is 1. The van der Waals surface area contributed by atoms with E-state index in [1.54, 1.807) is 63.4 Å². The highest BCUT2D eigenvalue weighted by Crippen LogP contribution is 2.31. The molecule has 232 valence electrons. The Morgan fingerprint density at radius 1 is 1.09 bits per heavy atom. The van der Waals surface area contributed by atoms with Gasteiger partial charge in [-0.1, -0.05) is 30.3 Å². The minimum absolute atomic E-state index is 0.0239. The number of carboxylic acids is 1. The monoisotopic (exact) mass is 623 g/mol. The number of hydrazine groups is 1. The van der Waals surface area contributed by atoms with Crippen molar-refractivity contribution in [3.05, 3.63) is 95.6 Å². The molecule has 1 atom stereocenters. The number of benzene rings is 3. The quantitative estimate of drug-likeness (QED) is 0.130. The maximum atomic E-state index is 15.2. The number of carbonyl (C=O) groups excluding carboxylic acids is 1. The number of carbonyl (C=O) groups is 2. The van der Waals surface area contributed by atoms with Gasteiger partial charge >= 0.3 is 12.1 Å². The average molecular weight is 624 g/mol. The fraction of sp³-hybridized carbons (Fsp3) is 0.258. The third kappa shape index (κ3) is 7.13. The van der Waals surface area contributed by atoms with Crippen LogP contribution in [-0.2, 0) is 32.3 Å². The first-order valence-electron chi connectivity index (χ1n) is 13.8. The van der Waals surface area contributed by atoms with E-state index < -0.39 is 39.0 Å². The van der Waals surface area contributed by atoms with Gasteiger partial charge in [0.2, 0.25) is 0 Å². The first-order valence-corrected chi connectivity index (χ1v) is 15.3. The molecule has 0 aliphatic heterocycles. The Morgan fingerprint density at radius 3 is 2.48 bits per heavy atom. The third-order valence-corrected chi connectivity index (χ3v) is 9.30. The van der Waals surface area contributed by atoms with E-state index in [1.807, 2.05) is 0 Å². The fourth-order valence-corrected chi connectivity index (χ4v) is 5.94. The number of nitrogens with two attached hydrogens (primary N) is 1. The number of halogens is 1. The van der Waals surface area contributed by atoms with E-state index in [0.29, 0.717) is 35.2 Å². The van der Waals surface area contributed by atoms with Crippen molar-refractivity contribution in [3.8, 4) is 0 Å². The lowest BCUT2D eigenvalue weighted by atomic mass is 10.0. The van der Waals surface area contributed by atoms with E-state index in [1.165, 1.54) is 30.6 Å². The van der Waals surface area contributed by atoms with Crippen LogP contribution in [0.1, 0.15) is 36.6 Å². The minimum atomic E-state index is -3.51. The van der Waals surface area contributed by atoms with Gasteiger partial charge in [0.15, 0.2) is 21.7 Å². The first-order chi connectivity index (χ1) is 20.9. The minimum Gasteiger partial charge on any atom is -0.479 e. The molecule has 0 bridgehead atoms. The lowest BCUT2D eigenvalue weighted by Gasteiger charge is -2.27. The summed E-state index contributed by atoms with van der Waals surface area (Å²) in [6, 6.07) is 14.4. The molecule has 11 nitrogen and oxygen atoms in total. The Kier molecular flexibility index (Phi) is 10.1. The summed E-state index contributed by atoms with van der Waals surface area (Å²) in [7, 11) is -1.81. The summed E-state index contributed by atoms with van der Waals surface area (Å²) >= 11 is 0. The zero-order valence-electron chi connectivity index (χ0n) is 24.5. The second-order valence-electron chi connectivity index (χ2n) is 10.3. The molecule has 13 heteroatoms. The van der Waals surface area contributed by atoms with Gasteiger partial charge in [-0.05, 0) is 73.3 Å². The molecule has 0 fully saturated rings. The van der Waals surface area contributed by atoms with Crippen LogP contribution in [0.4, 0.5) is 20.6 Å². The average Bonchev–Trinajstić information content (AvgIpc) is 2.98. The molecule has 3 aromatic carbocycles. The van der Waals surface area contributed by atoms with Crippen molar-refractivity contribution < 1.29 is 32.2 Å². The van der Waals surface area contributed by atoms with Crippen LogP contribution in [0.15, 0.2) is 78.0 Å². The maximum absolute atomic E-state index is 15.2. The van der Waals surface area contributed by atoms with E-state index >= 15 is 4.39 Å². The summed E-state index contributed by atoms with van der Waals surface area (Å²) in [6.45, 7) is 3.54. The summed E-state index contributed by atoms with van der Waals surface area (Å²) < 4.78 is 45.9. The molecule has 0 radical (unpaired) electrons. The second-order valence-corrected chi connectivity index (χ2v) is 12.8. The molecule has 44 heavy (non-hydrogen) atoms. The SMILES string of the molecule is CNCc1cc(NC(=O)OCCc2ccc(C(C(=O)O)N(N)c3ccc4ccncc4c3F)cc2)ccc1S(=O)(=O)C(C)C. The number of sulfone groups is 1. The summed E-state index contributed by atoms with van der Waals surface area (Å²) in [4.78, 5) is 28.7. The third-order valence-electron chi connectivity index (χ3n) is 7.05. The molecule has 1 aromatic heterocycles. The summed E-state index contributed by atoms with van der Waals surface area (Å²) in [5, 5.41) is 16.6. The van der Waals surface area contributed by atoms with Gasteiger partial charge in [-0.3, -0.25) is 15.3 Å². The maximum Gasteiger partial charge on any atom is 0.411 e. The molecule has 1 unspecified atom stereocenters. The lowest BCUT2D eigenvalue weighted by molar-refractivity contribution is -0.138. The largest absolute Gasteiger partial charge is 0.479 e. The Labute approximate surface area is 254 Å². The standard InChI is InChI=1S/C31H34FN5O6S/c1-19(2)44(41,42)27-11-9-24(16-23(27)17-34-3)36-31(40)43-15-13-20-4-6-22(7-5-20)29(30(38)39)37(33)26-10-8-21-12-14-35-18-25(21)28(26)32/h4-12,14,16,18-19,29,34H,13,15,17,33H2,1-3H3,(H,36,40)(H,38,39). The van der Waals surface area contributed by atoms with Crippen LogP contribution < -0.4 is 21.5 Å². The van der Waals surface area contributed by atoms with Gasteiger partial charge in [0.1, 0.15) is 0 Å². The molecule has 0 saturated carbocycles. The molecule has 0 spiro atoms. The van der Waals surface area contributed by atoms with Gasteiger partial charge in [0, 0.05) is 36.4 Å². The van der Waals surface area contributed by atoms with Crippen molar-refractivity contribution in [1.29, 1.82) is 0 Å². The molecule has 4 rings (SSSR count). The number of aromatic nitrogens is 1. The van der Waals surface area contributed by atoms with Gasteiger partial charge in [-0.2, -0.15) is 0 Å². The number of pyridine rings is 1. The molecule has 1 amide bonds. The summed E-state index contributed by atoms with van der Waals surface area (Å²) in [5.74, 6) is 4.20. The van der Waals surface area contributed by atoms with Gasteiger partial charge in [0.25, 0.3) is 0 Å². The van der Waals surface area contributed by atoms with Crippen LogP contribution in [-0.4, -0.2) is 49.5 Å². The number of nitrogens with one attached hydrogen (secondary N) is 2. The van der Waals surface area contributed by atoms with Gasteiger partial charge < -0.3 is 15.2 Å². The Bertz CT molecular complexity index is 1770. The number of amides is 1. The normalized spacial score (nSPS) is 12.2. The predicted octanol–water partition coefficient (Wildman–Crippen LogP) is 4.57. The van der Waals surface area contributed by atoms with Crippen LogP contribution in [0, 0.1) is 5.82 Å². The second kappa shape index (κ2) is 13.8. The number of hydrogen-bond acceptors (Lipinski definition) is 9. The highest BCUT2D eigenvalue weighted by molar-refractivity contribution is 7.92. The molecule has 4 aromatic rings. The van der Waals surface area contributed by atoms with Crippen LogP contribution in [0.2, 0.25) is 0 Å². The smallest absolute Gasteiger partial charge is 0.411 e. The predicted molar refractivity (Wildman–Crippen MR) is 165 cm³/mol. The molecule has 0 saturated heterocycles.